The number of nitrogens with one attached hydrogen (secondary N) is 2. The van der Waals surface area contributed by atoms with Crippen molar-refractivity contribution >= 4 is 23.2 Å². The van der Waals surface area contributed by atoms with Gasteiger partial charge in [0.15, 0.2) is 0 Å². The standard InChI is InChI=1S/C14H21ClN2O2/c1-4-14(3,9-18)16-8-13(19)17-12-7-11(15)6-5-10(12)2/h5-7,16,18H,4,8-9H2,1-3H3,(H,17,19). The molecule has 0 aromatic heterocycles. The molecule has 0 bridgehead atoms. The lowest BCUT2D eigenvalue weighted by molar-refractivity contribution is -0.115. The highest BCUT2D eigenvalue weighted by molar-refractivity contribution is 6.31. The molecule has 0 aliphatic rings. The highest BCUT2D eigenvalue weighted by Gasteiger charge is 2.21. The van der Waals surface area contributed by atoms with E-state index in [9.17, 15) is 9.90 Å². The Balaban J connectivity index is 2.58. The topological polar surface area (TPSA) is 61.4 Å². The van der Waals surface area contributed by atoms with Crippen LogP contribution >= 0.6 is 11.6 Å². The second-order valence-electron chi connectivity index (χ2n) is 4.93. The fourth-order valence-electron chi connectivity index (χ4n) is 1.51. The molecule has 0 aliphatic carbocycles. The van der Waals surface area contributed by atoms with Crippen LogP contribution in [0.2, 0.25) is 5.02 Å². The van der Waals surface area contributed by atoms with Gasteiger partial charge >= 0.3 is 0 Å². The third kappa shape index (κ3) is 4.82. The molecular formula is C14H21ClN2O2. The van der Waals surface area contributed by atoms with Crippen LogP contribution in [0.1, 0.15) is 25.8 Å². The first-order valence-electron chi connectivity index (χ1n) is 6.32. The lowest BCUT2D eigenvalue weighted by atomic mass is 10.0. The minimum absolute atomic E-state index is 0.00697. The molecule has 5 heteroatoms. The van der Waals surface area contributed by atoms with E-state index in [2.05, 4.69) is 10.6 Å². The van der Waals surface area contributed by atoms with Gasteiger partial charge in [0.25, 0.3) is 0 Å². The van der Waals surface area contributed by atoms with E-state index < -0.39 is 5.54 Å². The van der Waals surface area contributed by atoms with E-state index in [1.165, 1.54) is 0 Å². The molecule has 1 amide bonds. The zero-order chi connectivity index (χ0) is 14.5. The Hall–Kier alpha value is -1.10. The molecule has 1 aromatic carbocycles. The average molecular weight is 285 g/mol. The smallest absolute Gasteiger partial charge is 0.238 e. The molecule has 1 unspecified atom stereocenters. The molecule has 0 fully saturated rings. The molecule has 1 rings (SSSR count). The minimum Gasteiger partial charge on any atom is -0.394 e. The first-order valence-corrected chi connectivity index (χ1v) is 6.70. The zero-order valence-electron chi connectivity index (χ0n) is 11.6. The number of amides is 1. The zero-order valence-corrected chi connectivity index (χ0v) is 12.3. The highest BCUT2D eigenvalue weighted by atomic mass is 35.5. The van der Waals surface area contributed by atoms with Gasteiger partial charge in [-0.05, 0) is 38.0 Å². The number of aryl methyl sites for hydroxylation is 1. The summed E-state index contributed by atoms with van der Waals surface area (Å²) < 4.78 is 0. The summed E-state index contributed by atoms with van der Waals surface area (Å²) in [5.41, 5.74) is 1.24. The SMILES string of the molecule is CCC(C)(CO)NCC(=O)Nc1cc(Cl)ccc1C. The Labute approximate surface area is 119 Å². The maximum Gasteiger partial charge on any atom is 0.238 e. The number of hydrogen-bond acceptors (Lipinski definition) is 3. The molecular weight excluding hydrogens is 264 g/mol. The monoisotopic (exact) mass is 284 g/mol. The van der Waals surface area contributed by atoms with Crippen LogP contribution in [0, 0.1) is 6.92 Å². The average Bonchev–Trinajstić information content (AvgIpc) is 2.40. The molecule has 19 heavy (non-hydrogen) atoms. The molecule has 0 saturated carbocycles. The van der Waals surface area contributed by atoms with Crippen molar-refractivity contribution in [3.8, 4) is 0 Å². The van der Waals surface area contributed by atoms with Crippen LogP contribution in [0.25, 0.3) is 0 Å². The second-order valence-corrected chi connectivity index (χ2v) is 5.37. The van der Waals surface area contributed by atoms with Gasteiger partial charge in [-0.1, -0.05) is 24.6 Å². The summed E-state index contributed by atoms with van der Waals surface area (Å²) in [7, 11) is 0. The van der Waals surface area contributed by atoms with Gasteiger partial charge in [-0.15, -0.1) is 0 Å². The van der Waals surface area contributed by atoms with Crippen LogP contribution in [0.3, 0.4) is 0 Å². The van der Waals surface area contributed by atoms with Crippen molar-refractivity contribution in [3.05, 3.63) is 28.8 Å². The van der Waals surface area contributed by atoms with Crippen molar-refractivity contribution in [1.82, 2.24) is 5.32 Å². The quantitative estimate of drug-likeness (QED) is 0.751. The Morgan fingerprint density at radius 3 is 2.74 bits per heavy atom. The number of benzene rings is 1. The molecule has 0 saturated heterocycles. The number of halogens is 1. The third-order valence-electron chi connectivity index (χ3n) is 3.28. The van der Waals surface area contributed by atoms with Gasteiger partial charge in [0.2, 0.25) is 5.91 Å². The molecule has 1 atom stereocenters. The Morgan fingerprint density at radius 1 is 1.47 bits per heavy atom. The van der Waals surface area contributed by atoms with Crippen LogP contribution in [0.5, 0.6) is 0 Å². The lowest BCUT2D eigenvalue weighted by Crippen LogP contribution is -2.48. The summed E-state index contributed by atoms with van der Waals surface area (Å²) in [6.45, 7) is 5.89. The molecule has 0 heterocycles. The van der Waals surface area contributed by atoms with Crippen molar-refractivity contribution in [2.24, 2.45) is 0 Å². The van der Waals surface area contributed by atoms with E-state index in [1.807, 2.05) is 26.8 Å². The molecule has 4 nitrogen and oxygen atoms in total. The van der Waals surface area contributed by atoms with Gasteiger partial charge in [0.1, 0.15) is 0 Å². The fraction of sp³-hybridized carbons (Fsp3) is 0.500. The number of anilines is 1. The van der Waals surface area contributed by atoms with Gasteiger partial charge in [0, 0.05) is 16.2 Å². The fourth-order valence-corrected chi connectivity index (χ4v) is 1.68. The third-order valence-corrected chi connectivity index (χ3v) is 3.51. The first kappa shape index (κ1) is 16.0. The van der Waals surface area contributed by atoms with Gasteiger partial charge in [0.05, 0.1) is 13.2 Å². The Morgan fingerprint density at radius 2 is 2.16 bits per heavy atom. The van der Waals surface area contributed by atoms with E-state index in [0.717, 1.165) is 12.0 Å². The molecule has 0 spiro atoms. The lowest BCUT2D eigenvalue weighted by Gasteiger charge is -2.27. The largest absolute Gasteiger partial charge is 0.394 e. The molecule has 0 aliphatic heterocycles. The second kappa shape index (κ2) is 6.89. The number of aliphatic hydroxyl groups is 1. The number of hydrogen-bond donors (Lipinski definition) is 3. The summed E-state index contributed by atoms with van der Waals surface area (Å²) >= 11 is 5.89. The van der Waals surface area contributed by atoms with Gasteiger partial charge in [-0.25, -0.2) is 0 Å². The van der Waals surface area contributed by atoms with Crippen LogP contribution in [0.15, 0.2) is 18.2 Å². The highest BCUT2D eigenvalue weighted by Crippen LogP contribution is 2.20. The summed E-state index contributed by atoms with van der Waals surface area (Å²) in [5.74, 6) is -0.154. The van der Waals surface area contributed by atoms with Gasteiger partial charge < -0.3 is 15.7 Å². The van der Waals surface area contributed by atoms with Gasteiger partial charge in [-0.2, -0.15) is 0 Å². The van der Waals surface area contributed by atoms with E-state index in [1.54, 1.807) is 12.1 Å². The molecule has 1 aromatic rings. The molecule has 3 N–H and O–H groups in total. The van der Waals surface area contributed by atoms with Crippen LogP contribution < -0.4 is 10.6 Å². The number of carbonyl (C=O) groups is 1. The molecule has 0 radical (unpaired) electrons. The normalized spacial score (nSPS) is 13.9. The van der Waals surface area contributed by atoms with Crippen molar-refractivity contribution < 1.29 is 9.90 Å². The predicted octanol–water partition coefficient (Wildman–Crippen LogP) is 2.34. The van der Waals surface area contributed by atoms with Crippen molar-refractivity contribution in [2.75, 3.05) is 18.5 Å². The van der Waals surface area contributed by atoms with Gasteiger partial charge in [-0.3, -0.25) is 4.79 Å². The van der Waals surface area contributed by atoms with E-state index >= 15 is 0 Å². The van der Waals surface area contributed by atoms with E-state index in [4.69, 9.17) is 11.6 Å². The van der Waals surface area contributed by atoms with Crippen LogP contribution in [-0.2, 0) is 4.79 Å². The predicted molar refractivity (Wildman–Crippen MR) is 78.6 cm³/mol. The van der Waals surface area contributed by atoms with E-state index in [-0.39, 0.29) is 19.1 Å². The number of aliphatic hydroxyl groups excluding tert-OH is 1. The van der Waals surface area contributed by atoms with Crippen LogP contribution in [-0.4, -0.2) is 29.7 Å². The summed E-state index contributed by atoms with van der Waals surface area (Å²) in [4.78, 5) is 11.9. The maximum absolute atomic E-state index is 11.9. The Kier molecular flexibility index (Phi) is 5.79. The Bertz CT molecular complexity index is 445. The number of carbonyl (C=O) groups excluding carboxylic acids is 1. The van der Waals surface area contributed by atoms with Crippen molar-refractivity contribution in [1.29, 1.82) is 0 Å². The number of rotatable bonds is 6. The summed E-state index contributed by atoms with van der Waals surface area (Å²) in [6, 6.07) is 5.36. The van der Waals surface area contributed by atoms with Crippen LogP contribution in [0.4, 0.5) is 5.69 Å². The van der Waals surface area contributed by atoms with Crippen molar-refractivity contribution in [2.45, 2.75) is 32.7 Å². The first-order chi connectivity index (χ1) is 8.90. The summed E-state index contributed by atoms with van der Waals surface area (Å²) in [6.07, 6.45) is 0.743. The van der Waals surface area contributed by atoms with E-state index in [0.29, 0.717) is 10.7 Å². The molecule has 106 valence electrons. The summed E-state index contributed by atoms with van der Waals surface area (Å²) in [5, 5.41) is 15.7. The maximum atomic E-state index is 11.9. The minimum atomic E-state index is -0.430. The van der Waals surface area contributed by atoms with Crippen molar-refractivity contribution in [3.63, 3.8) is 0 Å².